The second kappa shape index (κ2) is 9.10. The molecule has 4 aromatic rings. The van der Waals surface area contributed by atoms with E-state index in [-0.39, 0.29) is 10.6 Å². The smallest absolute Gasteiger partial charge is 0.175 e. The van der Waals surface area contributed by atoms with Crippen molar-refractivity contribution >= 4 is 60.6 Å². The summed E-state index contributed by atoms with van der Waals surface area (Å²) in [5, 5.41) is 12.6. The first-order chi connectivity index (χ1) is 17.2. The van der Waals surface area contributed by atoms with Crippen LogP contribution >= 0.6 is 12.2 Å². The highest BCUT2D eigenvalue weighted by molar-refractivity contribution is 7.90. The maximum atomic E-state index is 11.7. The standard InChI is InChI=1S/C24H26N6O4S2/c1-28(15-4-6-16(7-5-15)36(3,32)33)24(35)30-10-8-29(9-11-30)23-21-17-12-20(34-2)19(31)13-18(17)27-22(21)25-14-26-23/h4-7,12-14,31H,8-11H2,1-3H3,(H,25,26,27). The molecule has 1 aliphatic rings. The van der Waals surface area contributed by atoms with Crippen LogP contribution in [-0.2, 0) is 9.84 Å². The van der Waals surface area contributed by atoms with Gasteiger partial charge in [-0.1, -0.05) is 0 Å². The average Bonchev–Trinajstić information content (AvgIpc) is 3.24. The Bertz CT molecular complexity index is 1560. The fraction of sp³-hybridized carbons (Fsp3) is 0.292. The van der Waals surface area contributed by atoms with Gasteiger partial charge in [-0.15, -0.1) is 0 Å². The van der Waals surface area contributed by atoms with Crippen LogP contribution in [0, 0.1) is 0 Å². The number of piperazine rings is 1. The number of phenols is 1. The van der Waals surface area contributed by atoms with Crippen LogP contribution in [0.4, 0.5) is 11.5 Å². The van der Waals surface area contributed by atoms with Crippen LogP contribution in [0.3, 0.4) is 0 Å². The zero-order chi connectivity index (χ0) is 25.6. The maximum absolute atomic E-state index is 11.7. The number of methoxy groups -OCH3 is 1. The van der Waals surface area contributed by atoms with Crippen molar-refractivity contribution in [2.45, 2.75) is 4.90 Å². The summed E-state index contributed by atoms with van der Waals surface area (Å²) in [5.74, 6) is 1.26. The van der Waals surface area contributed by atoms with Crippen molar-refractivity contribution in [1.82, 2.24) is 19.9 Å². The van der Waals surface area contributed by atoms with Gasteiger partial charge in [-0.05, 0) is 42.5 Å². The number of hydrogen-bond donors (Lipinski definition) is 2. The summed E-state index contributed by atoms with van der Waals surface area (Å²) < 4.78 is 28.8. The number of H-pyrrole nitrogens is 1. The molecule has 0 radical (unpaired) electrons. The van der Waals surface area contributed by atoms with E-state index in [2.05, 4.69) is 24.8 Å². The van der Waals surface area contributed by atoms with E-state index in [4.69, 9.17) is 17.0 Å². The van der Waals surface area contributed by atoms with E-state index in [9.17, 15) is 13.5 Å². The molecule has 0 spiro atoms. The second-order valence-corrected chi connectivity index (χ2v) is 11.1. The number of sulfone groups is 1. The number of nitrogens with zero attached hydrogens (tertiary/aromatic N) is 5. The molecule has 0 saturated carbocycles. The van der Waals surface area contributed by atoms with E-state index in [0.29, 0.717) is 42.7 Å². The minimum Gasteiger partial charge on any atom is -0.504 e. The lowest BCUT2D eigenvalue weighted by molar-refractivity contribution is 0.374. The molecule has 0 unspecified atom stereocenters. The predicted molar refractivity (Wildman–Crippen MR) is 144 cm³/mol. The average molecular weight is 527 g/mol. The minimum atomic E-state index is -3.25. The minimum absolute atomic E-state index is 0.0586. The van der Waals surface area contributed by atoms with Crippen molar-refractivity contribution in [3.8, 4) is 11.5 Å². The van der Waals surface area contributed by atoms with Gasteiger partial charge in [0.05, 0.1) is 22.9 Å². The number of benzene rings is 2. The molecule has 1 aliphatic heterocycles. The number of aromatic amines is 1. The molecule has 2 aromatic heterocycles. The first-order valence-corrected chi connectivity index (χ1v) is 13.6. The lowest BCUT2D eigenvalue weighted by atomic mass is 10.1. The van der Waals surface area contributed by atoms with Gasteiger partial charge >= 0.3 is 0 Å². The number of rotatable bonds is 4. The number of nitrogens with one attached hydrogen (secondary N) is 1. The lowest BCUT2D eigenvalue weighted by Gasteiger charge is -2.39. The van der Waals surface area contributed by atoms with Crippen molar-refractivity contribution in [2.75, 3.05) is 56.4 Å². The van der Waals surface area contributed by atoms with Crippen LogP contribution in [0.1, 0.15) is 0 Å². The molecule has 0 atom stereocenters. The SMILES string of the molecule is COc1cc2c(cc1O)[nH]c1ncnc(N3CCN(C(=S)N(C)c4ccc(S(C)(=O)=O)cc4)CC3)c12. The summed E-state index contributed by atoms with van der Waals surface area (Å²) in [4.78, 5) is 18.7. The van der Waals surface area contributed by atoms with E-state index < -0.39 is 9.84 Å². The Balaban J connectivity index is 1.35. The van der Waals surface area contributed by atoms with Crippen LogP contribution in [0.25, 0.3) is 21.9 Å². The Hall–Kier alpha value is -3.64. The molecule has 5 rings (SSSR count). The van der Waals surface area contributed by atoms with Crippen molar-refractivity contribution in [2.24, 2.45) is 0 Å². The van der Waals surface area contributed by atoms with Gasteiger partial charge in [0.15, 0.2) is 26.4 Å². The largest absolute Gasteiger partial charge is 0.504 e. The zero-order valence-corrected chi connectivity index (χ0v) is 21.7. The van der Waals surface area contributed by atoms with Crippen molar-refractivity contribution in [3.63, 3.8) is 0 Å². The summed E-state index contributed by atoms with van der Waals surface area (Å²) in [6, 6.07) is 10.1. The molecule has 3 heterocycles. The van der Waals surface area contributed by atoms with Gasteiger partial charge in [-0.2, -0.15) is 0 Å². The number of thiocarbonyl (C=S) groups is 1. The molecule has 1 saturated heterocycles. The Morgan fingerprint density at radius 3 is 2.47 bits per heavy atom. The molecule has 1 fully saturated rings. The number of aromatic hydroxyl groups is 1. The molecule has 12 heteroatoms. The van der Waals surface area contributed by atoms with Crippen molar-refractivity contribution < 1.29 is 18.3 Å². The summed E-state index contributed by atoms with van der Waals surface area (Å²) >= 11 is 5.75. The summed E-state index contributed by atoms with van der Waals surface area (Å²) in [6.07, 6.45) is 2.73. The Morgan fingerprint density at radius 2 is 1.83 bits per heavy atom. The van der Waals surface area contributed by atoms with Crippen molar-refractivity contribution in [1.29, 1.82) is 0 Å². The normalized spacial score (nSPS) is 14.4. The van der Waals surface area contributed by atoms with Crippen LogP contribution in [0.5, 0.6) is 11.5 Å². The van der Waals surface area contributed by atoms with Gasteiger partial charge in [0, 0.05) is 56.6 Å². The maximum Gasteiger partial charge on any atom is 0.175 e. The number of fused-ring (bicyclic) bond motifs is 3. The fourth-order valence-corrected chi connectivity index (χ4v) is 5.40. The van der Waals surface area contributed by atoms with Crippen LogP contribution in [0.2, 0.25) is 0 Å². The lowest BCUT2D eigenvalue weighted by Crippen LogP contribution is -2.52. The van der Waals surface area contributed by atoms with E-state index in [1.807, 2.05) is 11.9 Å². The number of hydrogen-bond acceptors (Lipinski definition) is 8. The zero-order valence-electron chi connectivity index (χ0n) is 20.1. The first kappa shape index (κ1) is 24.1. The van der Waals surface area contributed by atoms with Gasteiger partial charge in [-0.3, -0.25) is 0 Å². The van der Waals surface area contributed by atoms with Gasteiger partial charge in [0.1, 0.15) is 17.8 Å². The summed E-state index contributed by atoms with van der Waals surface area (Å²) in [5.41, 5.74) is 2.27. The first-order valence-electron chi connectivity index (χ1n) is 11.3. The molecule has 0 bridgehead atoms. The number of aromatic nitrogens is 3. The molecular weight excluding hydrogens is 500 g/mol. The molecule has 36 heavy (non-hydrogen) atoms. The van der Waals surface area contributed by atoms with Crippen LogP contribution < -0.4 is 14.5 Å². The Kier molecular flexibility index (Phi) is 6.08. The molecule has 188 valence electrons. The molecular formula is C24H26N6O4S2. The van der Waals surface area contributed by atoms with E-state index in [1.165, 1.54) is 19.7 Å². The quantitative estimate of drug-likeness (QED) is 0.385. The topological polar surface area (TPSA) is 115 Å². The highest BCUT2D eigenvalue weighted by Gasteiger charge is 2.25. The predicted octanol–water partition coefficient (Wildman–Crippen LogP) is 2.77. The summed E-state index contributed by atoms with van der Waals surface area (Å²) in [7, 11) is 0.153. The second-order valence-electron chi connectivity index (χ2n) is 8.70. The summed E-state index contributed by atoms with van der Waals surface area (Å²) in [6.45, 7) is 2.80. The van der Waals surface area contributed by atoms with Gasteiger partial charge < -0.3 is 29.5 Å². The van der Waals surface area contributed by atoms with E-state index in [1.54, 1.807) is 36.4 Å². The molecule has 2 N–H and O–H groups in total. The monoisotopic (exact) mass is 526 g/mol. The fourth-order valence-electron chi connectivity index (χ4n) is 4.48. The van der Waals surface area contributed by atoms with Gasteiger partial charge in [-0.25, -0.2) is 18.4 Å². The van der Waals surface area contributed by atoms with E-state index >= 15 is 0 Å². The van der Waals surface area contributed by atoms with Crippen LogP contribution in [0.15, 0.2) is 47.6 Å². The number of ether oxygens (including phenoxy) is 1. The number of anilines is 2. The van der Waals surface area contributed by atoms with E-state index in [0.717, 1.165) is 27.8 Å². The molecule has 10 nitrogen and oxygen atoms in total. The molecule has 0 aliphatic carbocycles. The van der Waals surface area contributed by atoms with Crippen molar-refractivity contribution in [3.05, 3.63) is 42.7 Å². The molecule has 0 amide bonds. The van der Waals surface area contributed by atoms with Gasteiger partial charge in [0.2, 0.25) is 0 Å². The number of phenolic OH excluding ortho intramolecular Hbond substituents is 1. The molecule has 2 aromatic carbocycles. The Morgan fingerprint density at radius 1 is 1.14 bits per heavy atom. The Labute approximate surface area is 214 Å². The highest BCUT2D eigenvalue weighted by Crippen LogP contribution is 2.37. The van der Waals surface area contributed by atoms with Crippen LogP contribution in [-0.4, -0.2) is 85.1 Å². The van der Waals surface area contributed by atoms with Gasteiger partial charge in [0.25, 0.3) is 0 Å². The third-order valence-electron chi connectivity index (χ3n) is 6.46. The third-order valence-corrected chi connectivity index (χ3v) is 8.12. The highest BCUT2D eigenvalue weighted by atomic mass is 32.2. The third kappa shape index (κ3) is 4.26.